The van der Waals surface area contributed by atoms with Gasteiger partial charge in [0.25, 0.3) is 0 Å². The maximum absolute atomic E-state index is 12.0. The molecular formula is C9H11ClF2N2. The molecule has 0 amide bonds. The Morgan fingerprint density at radius 2 is 2.29 bits per heavy atom. The van der Waals surface area contributed by atoms with Gasteiger partial charge >= 0.3 is 0 Å². The van der Waals surface area contributed by atoms with Crippen LogP contribution >= 0.6 is 11.6 Å². The topological polar surface area (TPSA) is 24.9 Å². The minimum atomic E-state index is -0.565. The highest BCUT2D eigenvalue weighted by atomic mass is 35.5. The normalized spacial score (nSPS) is 20.1. The van der Waals surface area contributed by atoms with Crippen molar-refractivity contribution in [3.8, 4) is 0 Å². The molecule has 1 atom stereocenters. The number of pyridine rings is 1. The lowest BCUT2D eigenvalue weighted by Crippen LogP contribution is -2.08. The van der Waals surface area contributed by atoms with E-state index in [1.807, 2.05) is 0 Å². The molecule has 5 heteroatoms. The van der Waals surface area contributed by atoms with E-state index in [2.05, 4.69) is 10.3 Å². The summed E-state index contributed by atoms with van der Waals surface area (Å²) >= 11 is 5.33. The van der Waals surface area contributed by atoms with E-state index in [-0.39, 0.29) is 5.82 Å². The van der Waals surface area contributed by atoms with Crippen LogP contribution in [0.2, 0.25) is 5.15 Å². The van der Waals surface area contributed by atoms with Crippen molar-refractivity contribution in [2.45, 2.75) is 12.6 Å². The molecule has 2 nitrogen and oxygen atoms in total. The number of nitrogens with zero attached hydrogens (tertiary/aromatic N) is 1. The third-order valence-electron chi connectivity index (χ3n) is 1.69. The lowest BCUT2D eigenvalue weighted by atomic mass is 10.4. The largest absolute Gasteiger partial charge is 0.314 e. The SMILES string of the molecule is FC1CCNC1.Fc1ccc(Cl)nc1. The van der Waals surface area contributed by atoms with Crippen molar-refractivity contribution in [1.82, 2.24) is 10.3 Å². The summed E-state index contributed by atoms with van der Waals surface area (Å²) in [4.78, 5) is 3.47. The Bertz CT molecular complexity index is 239. The lowest BCUT2D eigenvalue weighted by molar-refractivity contribution is 0.361. The fourth-order valence-electron chi connectivity index (χ4n) is 0.977. The Kier molecular flexibility index (Phi) is 4.76. The monoisotopic (exact) mass is 220 g/mol. The highest BCUT2D eigenvalue weighted by Crippen LogP contribution is 2.02. The number of aromatic nitrogens is 1. The van der Waals surface area contributed by atoms with Gasteiger partial charge in [-0.1, -0.05) is 11.6 Å². The fraction of sp³-hybridized carbons (Fsp3) is 0.444. The Labute approximate surface area is 86.3 Å². The second-order valence-corrected chi connectivity index (χ2v) is 3.28. The minimum absolute atomic E-state index is 0.311. The van der Waals surface area contributed by atoms with Crippen LogP contribution in [0.4, 0.5) is 8.78 Å². The molecule has 0 spiro atoms. The number of rotatable bonds is 0. The Balaban J connectivity index is 0.000000146. The van der Waals surface area contributed by atoms with Crippen LogP contribution < -0.4 is 5.32 Å². The van der Waals surface area contributed by atoms with Gasteiger partial charge in [0.1, 0.15) is 17.1 Å². The van der Waals surface area contributed by atoms with E-state index < -0.39 is 6.17 Å². The smallest absolute Gasteiger partial charge is 0.141 e. The molecule has 1 aromatic rings. The number of hydrogen-bond donors (Lipinski definition) is 1. The molecule has 2 heterocycles. The average Bonchev–Trinajstić information content (AvgIpc) is 2.63. The van der Waals surface area contributed by atoms with Crippen LogP contribution in [0.1, 0.15) is 6.42 Å². The van der Waals surface area contributed by atoms with Crippen LogP contribution in [0.15, 0.2) is 18.3 Å². The summed E-state index contributed by atoms with van der Waals surface area (Å²) in [7, 11) is 0. The van der Waals surface area contributed by atoms with Crippen molar-refractivity contribution < 1.29 is 8.78 Å². The molecule has 1 fully saturated rings. The molecule has 1 aliphatic rings. The Morgan fingerprint density at radius 3 is 2.57 bits per heavy atom. The van der Waals surface area contributed by atoms with E-state index >= 15 is 0 Å². The first-order valence-corrected chi connectivity index (χ1v) is 4.68. The zero-order valence-corrected chi connectivity index (χ0v) is 8.27. The van der Waals surface area contributed by atoms with Gasteiger partial charge in [-0.05, 0) is 25.1 Å². The standard InChI is InChI=1S/C5H3ClFN.C4H8FN/c6-5-2-1-4(7)3-8-5;5-4-1-2-6-3-4/h1-3H;4,6H,1-3H2. The minimum Gasteiger partial charge on any atom is -0.314 e. The van der Waals surface area contributed by atoms with E-state index in [1.54, 1.807) is 0 Å². The fourth-order valence-corrected chi connectivity index (χ4v) is 1.09. The highest BCUT2D eigenvalue weighted by Gasteiger charge is 2.10. The van der Waals surface area contributed by atoms with Crippen LogP contribution in [-0.4, -0.2) is 24.2 Å². The molecule has 78 valence electrons. The van der Waals surface area contributed by atoms with Gasteiger partial charge in [0.15, 0.2) is 0 Å². The first-order chi connectivity index (χ1) is 6.68. The van der Waals surface area contributed by atoms with Crippen LogP contribution in [0.5, 0.6) is 0 Å². The molecule has 2 rings (SSSR count). The maximum atomic E-state index is 12.0. The molecule has 14 heavy (non-hydrogen) atoms. The van der Waals surface area contributed by atoms with Gasteiger partial charge in [-0.3, -0.25) is 0 Å². The molecule has 1 aromatic heterocycles. The Hall–Kier alpha value is -0.740. The van der Waals surface area contributed by atoms with E-state index in [4.69, 9.17) is 11.6 Å². The van der Waals surface area contributed by atoms with E-state index in [0.717, 1.165) is 12.7 Å². The molecule has 1 aliphatic heterocycles. The van der Waals surface area contributed by atoms with Crippen LogP contribution in [-0.2, 0) is 0 Å². The number of hydrogen-bond acceptors (Lipinski definition) is 2. The van der Waals surface area contributed by atoms with Gasteiger partial charge in [-0.2, -0.15) is 0 Å². The van der Waals surface area contributed by atoms with Crippen molar-refractivity contribution in [3.05, 3.63) is 29.3 Å². The summed E-state index contributed by atoms with van der Waals surface area (Å²) in [5, 5.41) is 3.21. The first-order valence-electron chi connectivity index (χ1n) is 4.30. The molecule has 0 radical (unpaired) electrons. The van der Waals surface area contributed by atoms with Crippen LogP contribution in [0.25, 0.3) is 0 Å². The van der Waals surface area contributed by atoms with E-state index in [1.165, 1.54) is 12.1 Å². The van der Waals surface area contributed by atoms with Crippen molar-refractivity contribution in [3.63, 3.8) is 0 Å². The van der Waals surface area contributed by atoms with Crippen molar-refractivity contribution in [2.75, 3.05) is 13.1 Å². The summed E-state index contributed by atoms with van der Waals surface area (Å²) in [5.41, 5.74) is 0. The molecule has 1 N–H and O–H groups in total. The third kappa shape index (κ3) is 4.48. The summed E-state index contributed by atoms with van der Waals surface area (Å²) in [6.07, 6.45) is 1.22. The number of alkyl halides is 1. The van der Waals surface area contributed by atoms with Crippen LogP contribution in [0, 0.1) is 5.82 Å². The molecule has 0 saturated carbocycles. The second-order valence-electron chi connectivity index (χ2n) is 2.89. The molecular weight excluding hydrogens is 210 g/mol. The highest BCUT2D eigenvalue weighted by molar-refractivity contribution is 6.29. The summed E-state index contributed by atoms with van der Waals surface area (Å²) < 4.78 is 23.8. The summed E-state index contributed by atoms with van der Waals surface area (Å²) in [6, 6.07) is 2.66. The number of nitrogens with one attached hydrogen (secondary N) is 1. The van der Waals surface area contributed by atoms with Gasteiger partial charge in [0.2, 0.25) is 0 Å². The lowest BCUT2D eigenvalue weighted by Gasteiger charge is -1.86. The predicted octanol–water partition coefficient (Wildman–Crippen LogP) is 2.19. The first kappa shape index (κ1) is 11.3. The molecule has 1 unspecified atom stereocenters. The average molecular weight is 221 g/mol. The number of halogens is 3. The van der Waals surface area contributed by atoms with Gasteiger partial charge in [0, 0.05) is 6.54 Å². The van der Waals surface area contributed by atoms with Gasteiger partial charge in [-0.25, -0.2) is 13.8 Å². The van der Waals surface area contributed by atoms with Crippen molar-refractivity contribution >= 4 is 11.6 Å². The zero-order valence-electron chi connectivity index (χ0n) is 7.51. The summed E-state index contributed by atoms with van der Waals surface area (Å²) in [6.45, 7) is 1.43. The van der Waals surface area contributed by atoms with E-state index in [0.29, 0.717) is 18.1 Å². The maximum Gasteiger partial charge on any atom is 0.141 e. The summed E-state index contributed by atoms with van der Waals surface area (Å²) in [5.74, 6) is -0.366. The zero-order chi connectivity index (χ0) is 10.4. The second kappa shape index (κ2) is 5.88. The van der Waals surface area contributed by atoms with Crippen molar-refractivity contribution in [2.24, 2.45) is 0 Å². The molecule has 0 aliphatic carbocycles. The van der Waals surface area contributed by atoms with E-state index in [9.17, 15) is 8.78 Å². The van der Waals surface area contributed by atoms with Crippen molar-refractivity contribution in [1.29, 1.82) is 0 Å². The van der Waals surface area contributed by atoms with Gasteiger partial charge < -0.3 is 5.32 Å². The quantitative estimate of drug-likeness (QED) is 0.678. The molecule has 0 bridgehead atoms. The predicted molar refractivity (Wildman–Crippen MR) is 51.6 cm³/mol. The van der Waals surface area contributed by atoms with Gasteiger partial charge in [-0.15, -0.1) is 0 Å². The molecule has 0 aromatic carbocycles. The van der Waals surface area contributed by atoms with Gasteiger partial charge in [0.05, 0.1) is 6.20 Å². The third-order valence-corrected chi connectivity index (χ3v) is 1.92. The molecule has 1 saturated heterocycles. The van der Waals surface area contributed by atoms with Crippen LogP contribution in [0.3, 0.4) is 0 Å². The Morgan fingerprint density at radius 1 is 1.50 bits per heavy atom.